The Morgan fingerprint density at radius 2 is 2.11 bits per heavy atom. The minimum absolute atomic E-state index is 0.00408. The molecule has 4 rings (SSSR count). The number of benzene rings is 1. The fourth-order valence-corrected chi connectivity index (χ4v) is 3.52. The number of likely N-dealkylation sites (tertiary alicyclic amines) is 1. The third kappa shape index (κ3) is 3.53. The topological polar surface area (TPSA) is 80.1 Å². The molecule has 3 aromatic rings. The number of urea groups is 1. The minimum atomic E-state index is -0.209. The Morgan fingerprint density at radius 3 is 2.93 bits per heavy atom. The van der Waals surface area contributed by atoms with Gasteiger partial charge in [0.15, 0.2) is 5.78 Å². The van der Waals surface area contributed by atoms with Crippen LogP contribution in [0.1, 0.15) is 23.3 Å². The average Bonchev–Trinajstić information content (AvgIpc) is 3.08. The van der Waals surface area contributed by atoms with Crippen molar-refractivity contribution in [2.75, 3.05) is 18.4 Å². The maximum atomic E-state index is 12.7. The molecule has 1 fully saturated rings. The van der Waals surface area contributed by atoms with E-state index in [2.05, 4.69) is 15.4 Å². The summed E-state index contributed by atoms with van der Waals surface area (Å²) in [7, 11) is 1.87. The van der Waals surface area contributed by atoms with Crippen molar-refractivity contribution in [1.82, 2.24) is 19.7 Å². The molecule has 1 aliphatic heterocycles. The third-order valence-corrected chi connectivity index (χ3v) is 5.00. The van der Waals surface area contributed by atoms with Crippen LogP contribution in [0.5, 0.6) is 0 Å². The lowest BCUT2D eigenvalue weighted by Crippen LogP contribution is -2.44. The average molecular weight is 363 g/mol. The molecule has 138 valence electrons. The molecule has 7 heteroatoms. The molecule has 0 bridgehead atoms. The van der Waals surface area contributed by atoms with Gasteiger partial charge in [-0.05, 0) is 43.2 Å². The van der Waals surface area contributed by atoms with E-state index in [1.807, 2.05) is 31.3 Å². The number of rotatable bonds is 3. The normalized spacial score (nSPS) is 17.1. The summed E-state index contributed by atoms with van der Waals surface area (Å²) in [6, 6.07) is 10.8. The Balaban J connectivity index is 1.45. The van der Waals surface area contributed by atoms with Gasteiger partial charge in [0.1, 0.15) is 5.69 Å². The zero-order valence-electron chi connectivity index (χ0n) is 15.1. The van der Waals surface area contributed by atoms with Crippen LogP contribution in [0.2, 0.25) is 0 Å². The van der Waals surface area contributed by atoms with Crippen LogP contribution in [-0.2, 0) is 7.05 Å². The molecule has 7 nitrogen and oxygen atoms in total. The van der Waals surface area contributed by atoms with E-state index in [0.717, 1.165) is 23.7 Å². The van der Waals surface area contributed by atoms with E-state index in [0.29, 0.717) is 24.5 Å². The molecule has 2 amide bonds. The zero-order chi connectivity index (χ0) is 18.8. The number of Topliss-reactive ketones (excluding diaryl/α,β-unsaturated/α-hetero) is 1. The van der Waals surface area contributed by atoms with Gasteiger partial charge in [0.25, 0.3) is 0 Å². The lowest BCUT2D eigenvalue weighted by atomic mass is 9.92. The minimum Gasteiger partial charge on any atom is -0.324 e. The van der Waals surface area contributed by atoms with Crippen LogP contribution in [-0.4, -0.2) is 44.6 Å². The summed E-state index contributed by atoms with van der Waals surface area (Å²) in [4.78, 5) is 31.2. The van der Waals surface area contributed by atoms with Crippen LogP contribution < -0.4 is 5.32 Å². The van der Waals surface area contributed by atoms with Crippen molar-refractivity contribution in [3.8, 4) is 0 Å². The molecule has 27 heavy (non-hydrogen) atoms. The van der Waals surface area contributed by atoms with Crippen LogP contribution in [0.25, 0.3) is 10.9 Å². The van der Waals surface area contributed by atoms with Gasteiger partial charge in [0, 0.05) is 43.3 Å². The Morgan fingerprint density at radius 1 is 1.22 bits per heavy atom. The number of ketones is 1. The predicted octanol–water partition coefficient (Wildman–Crippen LogP) is 3.10. The van der Waals surface area contributed by atoms with E-state index in [9.17, 15) is 9.59 Å². The standard InChI is InChI=1S/C20H21N5O2/c1-24-18-11-16(8-7-14(18)12-22-24)23-20(27)25-10-4-5-15(13-25)19(26)17-6-2-3-9-21-17/h2-3,6-9,11-12,15H,4-5,10,13H2,1H3,(H,23,27)/t15-/m1/s1. The van der Waals surface area contributed by atoms with Gasteiger partial charge in [-0.15, -0.1) is 0 Å². The van der Waals surface area contributed by atoms with Crippen molar-refractivity contribution in [3.63, 3.8) is 0 Å². The first-order chi connectivity index (χ1) is 13.1. The highest BCUT2D eigenvalue weighted by atomic mass is 16.2. The Hall–Kier alpha value is -3.22. The van der Waals surface area contributed by atoms with Crippen molar-refractivity contribution in [2.45, 2.75) is 12.8 Å². The molecule has 1 atom stereocenters. The molecule has 2 aromatic heterocycles. The zero-order valence-corrected chi connectivity index (χ0v) is 15.1. The number of hydrogen-bond acceptors (Lipinski definition) is 4. The third-order valence-electron chi connectivity index (χ3n) is 5.00. The largest absolute Gasteiger partial charge is 0.324 e. The molecular formula is C20H21N5O2. The molecule has 0 unspecified atom stereocenters. The molecule has 0 saturated carbocycles. The summed E-state index contributed by atoms with van der Waals surface area (Å²) in [5.41, 5.74) is 2.13. The summed E-state index contributed by atoms with van der Waals surface area (Å²) in [5, 5.41) is 8.18. The van der Waals surface area contributed by atoms with Gasteiger partial charge in [0.05, 0.1) is 11.7 Å². The second-order valence-electron chi connectivity index (χ2n) is 6.84. The lowest BCUT2D eigenvalue weighted by Gasteiger charge is -2.31. The summed E-state index contributed by atoms with van der Waals surface area (Å²) in [6.45, 7) is 1.06. The molecule has 0 aliphatic carbocycles. The predicted molar refractivity (Wildman–Crippen MR) is 103 cm³/mol. The number of pyridine rings is 1. The number of carbonyl (C=O) groups excluding carboxylic acids is 2. The quantitative estimate of drug-likeness (QED) is 0.725. The maximum Gasteiger partial charge on any atom is 0.321 e. The Labute approximate surface area is 157 Å². The van der Waals surface area contributed by atoms with Gasteiger partial charge in [-0.2, -0.15) is 5.10 Å². The van der Waals surface area contributed by atoms with Gasteiger partial charge >= 0.3 is 6.03 Å². The van der Waals surface area contributed by atoms with E-state index < -0.39 is 0 Å². The number of fused-ring (bicyclic) bond motifs is 1. The number of aryl methyl sites for hydroxylation is 1. The number of nitrogens with one attached hydrogen (secondary N) is 1. The SMILES string of the molecule is Cn1ncc2ccc(NC(=O)N3CCC[C@@H](C(=O)c4ccccn4)C3)cc21. The molecule has 1 aliphatic rings. The summed E-state index contributed by atoms with van der Waals surface area (Å²) in [5.74, 6) is -0.205. The van der Waals surface area contributed by atoms with Crippen LogP contribution >= 0.6 is 0 Å². The summed E-state index contributed by atoms with van der Waals surface area (Å²) < 4.78 is 1.77. The number of hydrogen-bond donors (Lipinski definition) is 1. The maximum absolute atomic E-state index is 12.7. The van der Waals surface area contributed by atoms with E-state index in [1.165, 1.54) is 0 Å². The van der Waals surface area contributed by atoms with Crippen molar-refractivity contribution >= 4 is 28.4 Å². The molecule has 1 saturated heterocycles. The number of aromatic nitrogens is 3. The van der Waals surface area contributed by atoms with Gasteiger partial charge in [-0.1, -0.05) is 6.07 Å². The second kappa shape index (κ2) is 7.19. The van der Waals surface area contributed by atoms with E-state index >= 15 is 0 Å². The first kappa shape index (κ1) is 17.2. The molecular weight excluding hydrogens is 342 g/mol. The molecule has 0 spiro atoms. The van der Waals surface area contributed by atoms with Gasteiger partial charge in [0.2, 0.25) is 0 Å². The monoisotopic (exact) mass is 363 g/mol. The Kier molecular flexibility index (Phi) is 4.58. The number of anilines is 1. The smallest absolute Gasteiger partial charge is 0.321 e. The first-order valence-electron chi connectivity index (χ1n) is 9.05. The van der Waals surface area contributed by atoms with Gasteiger partial charge < -0.3 is 10.2 Å². The number of amides is 2. The molecule has 0 radical (unpaired) electrons. The van der Waals surface area contributed by atoms with Crippen LogP contribution in [0.15, 0.2) is 48.8 Å². The van der Waals surface area contributed by atoms with Crippen molar-refractivity contribution in [1.29, 1.82) is 0 Å². The number of piperidine rings is 1. The van der Waals surface area contributed by atoms with Crippen molar-refractivity contribution in [2.24, 2.45) is 13.0 Å². The van der Waals surface area contributed by atoms with Crippen LogP contribution in [0, 0.1) is 5.92 Å². The highest BCUT2D eigenvalue weighted by molar-refractivity contribution is 5.97. The summed E-state index contributed by atoms with van der Waals surface area (Å²) in [6.07, 6.45) is 4.99. The fraction of sp³-hybridized carbons (Fsp3) is 0.300. The summed E-state index contributed by atoms with van der Waals surface area (Å²) >= 11 is 0. The van der Waals surface area contributed by atoms with Crippen molar-refractivity contribution < 1.29 is 9.59 Å². The second-order valence-corrected chi connectivity index (χ2v) is 6.84. The van der Waals surface area contributed by atoms with E-state index in [-0.39, 0.29) is 17.7 Å². The highest BCUT2D eigenvalue weighted by Crippen LogP contribution is 2.22. The van der Waals surface area contributed by atoms with E-state index in [4.69, 9.17) is 0 Å². The van der Waals surface area contributed by atoms with Gasteiger partial charge in [-0.25, -0.2) is 4.79 Å². The van der Waals surface area contributed by atoms with Gasteiger partial charge in [-0.3, -0.25) is 14.5 Å². The van der Waals surface area contributed by atoms with Crippen LogP contribution in [0.4, 0.5) is 10.5 Å². The van der Waals surface area contributed by atoms with Crippen molar-refractivity contribution in [3.05, 3.63) is 54.5 Å². The molecule has 1 aromatic carbocycles. The highest BCUT2D eigenvalue weighted by Gasteiger charge is 2.29. The number of nitrogens with zero attached hydrogens (tertiary/aromatic N) is 4. The van der Waals surface area contributed by atoms with E-state index in [1.54, 1.807) is 34.1 Å². The molecule has 1 N–H and O–H groups in total. The Bertz CT molecular complexity index is 982. The van der Waals surface area contributed by atoms with Crippen LogP contribution in [0.3, 0.4) is 0 Å². The molecule has 3 heterocycles. The first-order valence-corrected chi connectivity index (χ1v) is 9.05. The lowest BCUT2D eigenvalue weighted by molar-refractivity contribution is 0.0846. The fourth-order valence-electron chi connectivity index (χ4n) is 3.52. The number of carbonyl (C=O) groups is 2.